The van der Waals surface area contributed by atoms with Gasteiger partial charge >= 0.3 is 12.2 Å². The molecule has 0 aromatic heterocycles. The number of aliphatic hydroxyl groups is 6. The Hall–Kier alpha value is -3.03. The maximum atomic E-state index is 13.6. The molecule has 478 valence electrons. The third-order valence-electron chi connectivity index (χ3n) is 18.1. The number of carbonyl (C=O) groups is 2. The van der Waals surface area contributed by atoms with Gasteiger partial charge in [0, 0.05) is 76.9 Å². The molecule has 1 spiro atoms. The molecule has 9 aliphatic heterocycles. The molecule has 9 fully saturated rings. The van der Waals surface area contributed by atoms with Crippen LogP contribution in [0.15, 0.2) is 29.4 Å². The third-order valence-corrected chi connectivity index (χ3v) is 18.1. The Labute approximate surface area is 493 Å². The number of methoxy groups -OCH3 is 1. The molecule has 0 radical (unpaired) electrons. The highest BCUT2D eigenvalue weighted by Crippen LogP contribution is 2.49. The second kappa shape index (κ2) is 29.1. The van der Waals surface area contributed by atoms with Crippen molar-refractivity contribution in [1.29, 1.82) is 0 Å². The molecule has 9 saturated heterocycles. The first-order valence-corrected chi connectivity index (χ1v) is 30.6. The zero-order chi connectivity index (χ0) is 60.0. The van der Waals surface area contributed by atoms with Crippen LogP contribution >= 0.6 is 0 Å². The maximum absolute atomic E-state index is 13.6. The zero-order valence-corrected chi connectivity index (χ0v) is 49.9. The summed E-state index contributed by atoms with van der Waals surface area (Å²) < 4.78 is 82.1. The first-order valence-electron chi connectivity index (χ1n) is 30.6. The van der Waals surface area contributed by atoms with Gasteiger partial charge in [-0.05, 0) is 96.2 Å². The van der Waals surface area contributed by atoms with Crippen molar-refractivity contribution in [1.82, 2.24) is 15.6 Å². The van der Waals surface area contributed by atoms with Crippen LogP contribution in [0.4, 0.5) is 9.59 Å². The molecule has 0 unspecified atom stereocenters. The number of hydrogen-bond acceptors (Lipinski definition) is 23. The number of carbonyl (C=O) groups excluding carboxylic acids is 2. The minimum absolute atomic E-state index is 0.101. The van der Waals surface area contributed by atoms with Crippen LogP contribution in [0, 0.1) is 11.8 Å². The van der Waals surface area contributed by atoms with Gasteiger partial charge in [-0.3, -0.25) is 0 Å². The average molecular weight is 1200 g/mol. The Morgan fingerprint density at radius 2 is 1.52 bits per heavy atom. The van der Waals surface area contributed by atoms with E-state index in [9.17, 15) is 40.2 Å². The van der Waals surface area contributed by atoms with Crippen LogP contribution in [0.3, 0.4) is 0 Å². The topological polar surface area (TPSA) is 315 Å². The van der Waals surface area contributed by atoms with E-state index in [0.717, 1.165) is 30.4 Å². The largest absolute Gasteiger partial charge is 0.444 e. The van der Waals surface area contributed by atoms with E-state index in [1.807, 2.05) is 11.9 Å². The summed E-state index contributed by atoms with van der Waals surface area (Å²) in [5.41, 5.74) is 4.37. The predicted octanol–water partition coefficient (Wildman–Crippen LogP) is 2.27. The van der Waals surface area contributed by atoms with Crippen molar-refractivity contribution >= 4 is 17.9 Å². The fourth-order valence-electron chi connectivity index (χ4n) is 13.9. The maximum Gasteiger partial charge on any atom is 0.430 e. The lowest BCUT2D eigenvalue weighted by atomic mass is 9.81. The van der Waals surface area contributed by atoms with Gasteiger partial charge in [0.05, 0.1) is 112 Å². The lowest BCUT2D eigenvalue weighted by Gasteiger charge is -2.47. The van der Waals surface area contributed by atoms with Gasteiger partial charge in [-0.25, -0.2) is 15.0 Å². The summed E-state index contributed by atoms with van der Waals surface area (Å²) in [6, 6.07) is 0. The van der Waals surface area contributed by atoms with Gasteiger partial charge in [0.25, 0.3) is 0 Å². The highest BCUT2D eigenvalue weighted by molar-refractivity contribution is 5.86. The molecule has 9 heterocycles. The molecule has 9 rings (SSSR count). The number of nitrogens with one attached hydrogen (secondary N) is 2. The van der Waals surface area contributed by atoms with E-state index in [2.05, 4.69) is 35.9 Å². The van der Waals surface area contributed by atoms with E-state index in [1.54, 1.807) is 27.9 Å². The molecular formula is C59H96N4O21. The van der Waals surface area contributed by atoms with Crippen LogP contribution in [0.1, 0.15) is 118 Å². The van der Waals surface area contributed by atoms with E-state index in [1.165, 1.54) is 0 Å². The van der Waals surface area contributed by atoms with Crippen LogP contribution in [-0.4, -0.2) is 254 Å². The quantitative estimate of drug-likeness (QED) is 0.0588. The van der Waals surface area contributed by atoms with Crippen molar-refractivity contribution in [3.05, 3.63) is 24.3 Å². The standard InChI is InChI=1S/C59H96N4O21/c1-31-21-36-9-11-41-32(2)22-38(75-41)13-14-59-28-40(66)53(83-59)46-27-47(82-59)54-42(78-46)12-10-37(77-54)23-34(61-62-57(71)81-55-51(69)50(68)49(67)48(30-64)80-55)24-39-44(26-43(76-36)33(31)3)79-45(52(39)72-8)25-35(65)29-63(7)16-18-74-20-19-73-17-15-60-56(70)84-58(4,5)6/h31,35-55,64-69H,2-3,9-30H2,1,4-8H3,(H,60,70)(H,62,71)/b61-34+/t31-,35+,36+,37-,38+,39+,40-,41+,42+,43-,44+,45-,46-,47-,48-,49+,50+,51-,52-,53+,54+,55+,59-/m1/s1. The van der Waals surface area contributed by atoms with Crippen molar-refractivity contribution in [2.75, 3.05) is 66.8 Å². The first kappa shape index (κ1) is 65.4. The van der Waals surface area contributed by atoms with Gasteiger partial charge < -0.3 is 102 Å². The van der Waals surface area contributed by atoms with E-state index < -0.39 is 134 Å². The van der Waals surface area contributed by atoms with Crippen molar-refractivity contribution in [2.24, 2.45) is 16.9 Å². The number of fused-ring (bicyclic) bond motifs is 9. The Bertz CT molecular complexity index is 2220. The second-order valence-corrected chi connectivity index (χ2v) is 25.8. The van der Waals surface area contributed by atoms with Gasteiger partial charge in [-0.2, -0.15) is 5.10 Å². The number of rotatable bonds is 17. The Balaban J connectivity index is 0.927. The molecule has 25 nitrogen and oxygen atoms in total. The number of hydrazone groups is 1. The number of amides is 2. The zero-order valence-electron chi connectivity index (χ0n) is 49.9. The number of likely N-dealkylation sites (N-methyl/N-ethyl adjacent to an activating group) is 1. The molecule has 0 aromatic rings. The summed E-state index contributed by atoms with van der Waals surface area (Å²) in [7, 11) is 3.51. The number of ether oxygens (including phenoxy) is 13. The minimum Gasteiger partial charge on any atom is -0.444 e. The molecule has 23 atom stereocenters. The third kappa shape index (κ3) is 16.6. The summed E-state index contributed by atoms with van der Waals surface area (Å²) in [5.74, 6) is -1.37. The van der Waals surface area contributed by atoms with E-state index >= 15 is 0 Å². The number of aliphatic hydroxyl groups excluding tert-OH is 6. The summed E-state index contributed by atoms with van der Waals surface area (Å²) >= 11 is 0. The summed E-state index contributed by atoms with van der Waals surface area (Å²) in [5, 5.41) is 71.9. The number of alkyl carbamates (subject to hydrolysis) is 1. The van der Waals surface area contributed by atoms with Crippen LogP contribution in [0.2, 0.25) is 0 Å². The minimum atomic E-state index is -1.84. The molecule has 10 bridgehead atoms. The summed E-state index contributed by atoms with van der Waals surface area (Å²) in [4.78, 5) is 27.5. The lowest BCUT2D eigenvalue weighted by molar-refractivity contribution is -0.284. The molecule has 84 heavy (non-hydrogen) atoms. The van der Waals surface area contributed by atoms with Crippen molar-refractivity contribution in [3.8, 4) is 0 Å². The first-order chi connectivity index (χ1) is 40.1. The molecular weight excluding hydrogens is 1100 g/mol. The van der Waals surface area contributed by atoms with Gasteiger partial charge in [0.15, 0.2) is 5.79 Å². The van der Waals surface area contributed by atoms with Crippen molar-refractivity contribution in [3.63, 3.8) is 0 Å². The lowest BCUT2D eigenvalue weighted by Crippen LogP contribution is -2.59. The van der Waals surface area contributed by atoms with Crippen LogP contribution in [-0.2, 0) is 61.6 Å². The summed E-state index contributed by atoms with van der Waals surface area (Å²) in [6.07, 6.45) is -9.71. The average Bonchev–Trinajstić information content (AvgIpc) is 1.80. The van der Waals surface area contributed by atoms with Crippen LogP contribution in [0.25, 0.3) is 0 Å². The molecule has 8 N–H and O–H groups in total. The van der Waals surface area contributed by atoms with E-state index in [-0.39, 0.29) is 56.0 Å². The second-order valence-electron chi connectivity index (χ2n) is 25.8. The SMILES string of the molecule is C=C1C[C@@H]2CC[C@]34C[C@@H](O)[C@H](O3)[C@H]3C[C@@H](O4)[C@H]4O[C@H](CC[C@@H]4O3)C/C(=N\NC(=O)O[C@@H]3O[C@H](CO)[C@H](O)[C@H](O)[C@H]3O)C[C@@H]3[C@@H](OC)[C@@H](C[C@H](O)CN(C)CCOCCOCCNC(=O)OC(C)(C)C)O[C@H]3C[C@H]3O[C@@H](CC[C@@H]1O2)C[C@@H](C)C3=C. The van der Waals surface area contributed by atoms with E-state index in [0.29, 0.717) is 96.7 Å². The van der Waals surface area contributed by atoms with Gasteiger partial charge in [0.2, 0.25) is 6.29 Å². The highest BCUT2D eigenvalue weighted by Gasteiger charge is 2.60. The number of hydrogen-bond donors (Lipinski definition) is 8. The molecule has 25 heteroatoms. The highest BCUT2D eigenvalue weighted by atomic mass is 16.7. The van der Waals surface area contributed by atoms with Crippen LogP contribution < -0.4 is 10.7 Å². The molecule has 0 aliphatic carbocycles. The van der Waals surface area contributed by atoms with E-state index in [4.69, 9.17) is 61.6 Å². The van der Waals surface area contributed by atoms with Gasteiger partial charge in [0.1, 0.15) is 42.2 Å². The molecule has 0 saturated carbocycles. The number of nitrogens with zero attached hydrogens (tertiary/aromatic N) is 2. The Morgan fingerprint density at radius 1 is 0.774 bits per heavy atom. The summed E-state index contributed by atoms with van der Waals surface area (Å²) in [6.45, 7) is 18.4. The Morgan fingerprint density at radius 3 is 2.29 bits per heavy atom. The smallest absolute Gasteiger partial charge is 0.430 e. The van der Waals surface area contributed by atoms with Gasteiger partial charge in [-0.15, -0.1) is 0 Å². The molecule has 2 amide bonds. The predicted molar refractivity (Wildman–Crippen MR) is 298 cm³/mol. The fourth-order valence-corrected chi connectivity index (χ4v) is 13.9. The van der Waals surface area contributed by atoms with Crippen LogP contribution in [0.5, 0.6) is 0 Å². The van der Waals surface area contributed by atoms with Crippen molar-refractivity contribution < 1.29 is 102 Å². The monoisotopic (exact) mass is 1200 g/mol. The van der Waals surface area contributed by atoms with Crippen molar-refractivity contribution in [2.45, 2.75) is 251 Å². The molecule has 0 aromatic carbocycles. The Kier molecular flexibility index (Phi) is 22.6. The molecule has 9 aliphatic rings. The normalized spacial score (nSPS) is 41.8. The van der Waals surface area contributed by atoms with Gasteiger partial charge in [-0.1, -0.05) is 20.1 Å². The fraction of sp³-hybridized carbons (Fsp3) is 0.881.